The molecule has 3 aromatic rings. The van der Waals surface area contributed by atoms with Gasteiger partial charge in [0.25, 0.3) is 0 Å². The van der Waals surface area contributed by atoms with Gasteiger partial charge in [0.05, 0.1) is 0 Å². The van der Waals surface area contributed by atoms with Gasteiger partial charge in [-0.05, 0) is 56.7 Å². The molecule has 3 rings (SSSR count). The Hall–Kier alpha value is -1.99. The van der Waals surface area contributed by atoms with E-state index in [1.165, 1.54) is 135 Å². The highest BCUT2D eigenvalue weighted by molar-refractivity contribution is 7.97. The Bertz CT molecular complexity index is 974. The lowest BCUT2D eigenvalue weighted by Gasteiger charge is -2.17. The van der Waals surface area contributed by atoms with Crippen molar-refractivity contribution in [2.75, 3.05) is 0 Å². The topological polar surface area (TPSA) is 0 Å². The predicted molar refractivity (Wildman–Crippen MR) is 193 cm³/mol. The molecule has 0 amide bonds. The van der Waals surface area contributed by atoms with E-state index < -0.39 is 0 Å². The predicted octanol–water partition coefficient (Wildman–Crippen LogP) is 13.5. The molecule has 0 fully saturated rings. The molecule has 3 aromatic carbocycles. The van der Waals surface area contributed by atoms with Gasteiger partial charge in [0.2, 0.25) is 0 Å². The summed E-state index contributed by atoms with van der Waals surface area (Å²) in [7, 11) is -0.0800. The zero-order chi connectivity index (χ0) is 30.4. The first-order valence-electron chi connectivity index (χ1n) is 18.3. The maximum absolute atomic E-state index is 2.47. The number of rotatable bonds is 24. The smallest absolute Gasteiger partial charge is 0.0654 e. The van der Waals surface area contributed by atoms with Crippen LogP contribution >= 0.6 is 0 Å². The lowest BCUT2D eigenvalue weighted by atomic mass is 10.0. The molecule has 0 aromatic heterocycles. The summed E-state index contributed by atoms with van der Waals surface area (Å²) >= 11 is 0. The van der Waals surface area contributed by atoms with Gasteiger partial charge in [0.1, 0.15) is 10.9 Å². The summed E-state index contributed by atoms with van der Waals surface area (Å²) in [5, 5.41) is 0. The average molecular weight is 600 g/mol. The lowest BCUT2D eigenvalue weighted by Crippen LogP contribution is -2.13. The minimum absolute atomic E-state index is 0.0800. The number of aryl methyl sites for hydroxylation is 3. The summed E-state index contributed by atoms with van der Waals surface area (Å²) < 4.78 is 0. The van der Waals surface area contributed by atoms with E-state index in [1.54, 1.807) is 31.4 Å². The Morgan fingerprint density at radius 1 is 0.326 bits per heavy atom. The van der Waals surface area contributed by atoms with Crippen molar-refractivity contribution in [3.63, 3.8) is 0 Å². The average Bonchev–Trinajstić information content (AvgIpc) is 3.04. The molecular formula is C42H63S+. The molecular weight excluding hydrogens is 537 g/mol. The van der Waals surface area contributed by atoms with Crippen molar-refractivity contribution in [1.82, 2.24) is 0 Å². The van der Waals surface area contributed by atoms with Crippen LogP contribution in [0.1, 0.15) is 153 Å². The summed E-state index contributed by atoms with van der Waals surface area (Å²) in [4.78, 5) is 4.71. The molecule has 236 valence electrons. The van der Waals surface area contributed by atoms with Crippen LogP contribution in [0, 0.1) is 0 Å². The van der Waals surface area contributed by atoms with Crippen molar-refractivity contribution in [1.29, 1.82) is 0 Å². The van der Waals surface area contributed by atoms with Crippen LogP contribution in [0.5, 0.6) is 0 Å². The van der Waals surface area contributed by atoms with Gasteiger partial charge in [-0.3, -0.25) is 0 Å². The standard InChI is InChI=1S/C42H63S/c1-4-7-10-13-16-19-28-37-31-22-25-34-40(37)43(41-35-26-23-32-38(41)29-20-17-14-11-8-5-2)42-36-27-24-33-39(42)30-21-18-15-12-9-6-3/h22-27,31-36H,4-21,28-30H2,1-3H3/q+1. The fourth-order valence-electron chi connectivity index (χ4n) is 6.37. The summed E-state index contributed by atoms with van der Waals surface area (Å²) in [6, 6.07) is 28.5. The van der Waals surface area contributed by atoms with E-state index in [0.29, 0.717) is 0 Å². The molecule has 0 saturated carbocycles. The molecule has 0 N–H and O–H groups in total. The SMILES string of the molecule is CCCCCCCCc1ccccc1[S+](c1ccccc1CCCCCCCC)c1ccccc1CCCCCCCC. The van der Waals surface area contributed by atoms with E-state index >= 15 is 0 Å². The van der Waals surface area contributed by atoms with Gasteiger partial charge < -0.3 is 0 Å². The second-order valence-corrected chi connectivity index (χ2v) is 14.6. The number of hydrogen-bond acceptors (Lipinski definition) is 0. The summed E-state index contributed by atoms with van der Waals surface area (Å²) in [6.07, 6.45) is 28.0. The monoisotopic (exact) mass is 599 g/mol. The lowest BCUT2D eigenvalue weighted by molar-refractivity contribution is 0.605. The van der Waals surface area contributed by atoms with Crippen LogP contribution in [0.2, 0.25) is 0 Å². The quantitative estimate of drug-likeness (QED) is 0.0709. The Labute approximate surface area is 269 Å². The van der Waals surface area contributed by atoms with Crippen LogP contribution < -0.4 is 0 Å². The van der Waals surface area contributed by atoms with Crippen LogP contribution in [-0.2, 0) is 30.2 Å². The summed E-state index contributed by atoms with van der Waals surface area (Å²) in [5.41, 5.74) is 4.72. The fraction of sp³-hybridized carbons (Fsp3) is 0.571. The van der Waals surface area contributed by atoms with E-state index in [-0.39, 0.29) is 10.9 Å². The highest BCUT2D eigenvalue weighted by Gasteiger charge is 2.34. The van der Waals surface area contributed by atoms with E-state index in [0.717, 1.165) is 0 Å². The van der Waals surface area contributed by atoms with E-state index in [4.69, 9.17) is 0 Å². The van der Waals surface area contributed by atoms with Crippen LogP contribution in [0.15, 0.2) is 87.5 Å². The zero-order valence-corrected chi connectivity index (χ0v) is 29.0. The third kappa shape index (κ3) is 12.9. The fourth-order valence-corrected chi connectivity index (χ4v) is 9.02. The van der Waals surface area contributed by atoms with Gasteiger partial charge in [-0.15, -0.1) is 0 Å². The second-order valence-electron chi connectivity index (χ2n) is 12.7. The molecule has 0 aliphatic rings. The van der Waals surface area contributed by atoms with E-state index in [1.807, 2.05) is 0 Å². The number of benzene rings is 3. The van der Waals surface area contributed by atoms with Crippen molar-refractivity contribution < 1.29 is 0 Å². The number of hydrogen-bond donors (Lipinski definition) is 0. The molecule has 0 atom stereocenters. The van der Waals surface area contributed by atoms with Crippen molar-refractivity contribution in [2.45, 2.75) is 170 Å². The maximum atomic E-state index is 2.47. The first kappa shape index (κ1) is 35.5. The summed E-state index contributed by atoms with van der Waals surface area (Å²) in [6.45, 7) is 6.93. The third-order valence-corrected chi connectivity index (χ3v) is 11.5. The second kappa shape index (κ2) is 22.5. The molecule has 0 aliphatic carbocycles. The number of unbranched alkanes of at least 4 members (excludes halogenated alkanes) is 15. The van der Waals surface area contributed by atoms with E-state index in [9.17, 15) is 0 Å². The molecule has 0 nitrogen and oxygen atoms in total. The Morgan fingerprint density at radius 3 is 0.884 bits per heavy atom. The molecule has 0 bridgehead atoms. The molecule has 43 heavy (non-hydrogen) atoms. The minimum atomic E-state index is -0.0800. The highest BCUT2D eigenvalue weighted by atomic mass is 32.2. The van der Waals surface area contributed by atoms with Gasteiger partial charge in [-0.2, -0.15) is 0 Å². The van der Waals surface area contributed by atoms with Gasteiger partial charge in [-0.25, -0.2) is 0 Å². The normalized spacial score (nSPS) is 11.4. The van der Waals surface area contributed by atoms with Crippen LogP contribution in [0.4, 0.5) is 0 Å². The van der Waals surface area contributed by atoms with Crippen LogP contribution in [-0.4, -0.2) is 0 Å². The Morgan fingerprint density at radius 2 is 0.581 bits per heavy atom. The van der Waals surface area contributed by atoms with Crippen molar-refractivity contribution in [3.05, 3.63) is 89.5 Å². The van der Waals surface area contributed by atoms with E-state index in [2.05, 4.69) is 93.6 Å². The van der Waals surface area contributed by atoms with Gasteiger partial charge in [0.15, 0.2) is 14.7 Å². The minimum Gasteiger partial charge on any atom is -0.0654 e. The molecule has 0 heterocycles. The van der Waals surface area contributed by atoms with Crippen LogP contribution in [0.25, 0.3) is 0 Å². The first-order valence-corrected chi connectivity index (χ1v) is 19.5. The van der Waals surface area contributed by atoms with Crippen LogP contribution in [0.3, 0.4) is 0 Å². The zero-order valence-electron chi connectivity index (χ0n) is 28.2. The molecule has 1 heteroatoms. The third-order valence-electron chi connectivity index (χ3n) is 8.98. The van der Waals surface area contributed by atoms with Crippen molar-refractivity contribution >= 4 is 10.9 Å². The van der Waals surface area contributed by atoms with Gasteiger partial charge in [0, 0.05) is 16.7 Å². The largest absolute Gasteiger partial charge is 0.169 e. The molecule has 0 saturated heterocycles. The Balaban J connectivity index is 1.90. The van der Waals surface area contributed by atoms with Gasteiger partial charge >= 0.3 is 0 Å². The van der Waals surface area contributed by atoms with Crippen molar-refractivity contribution in [3.8, 4) is 0 Å². The molecule has 0 spiro atoms. The molecule has 0 aliphatic heterocycles. The first-order chi connectivity index (χ1) is 21.3. The Kier molecular flexibility index (Phi) is 18.6. The maximum Gasteiger partial charge on any atom is 0.169 e. The van der Waals surface area contributed by atoms with Gasteiger partial charge in [-0.1, -0.05) is 172 Å². The summed E-state index contributed by atoms with van der Waals surface area (Å²) in [5.74, 6) is 0. The highest BCUT2D eigenvalue weighted by Crippen LogP contribution is 2.38. The molecule has 0 radical (unpaired) electrons. The van der Waals surface area contributed by atoms with Crippen molar-refractivity contribution in [2.24, 2.45) is 0 Å². The molecule has 0 unspecified atom stereocenters.